The number of hydrogen-bond acceptors (Lipinski definition) is 5. The van der Waals surface area contributed by atoms with E-state index in [-0.39, 0.29) is 29.3 Å². The molecule has 0 aliphatic heterocycles. The van der Waals surface area contributed by atoms with Crippen molar-refractivity contribution in [3.63, 3.8) is 0 Å². The Bertz CT molecular complexity index is 776. The lowest BCUT2D eigenvalue weighted by atomic mass is 9.82. The van der Waals surface area contributed by atoms with Gasteiger partial charge in [0.15, 0.2) is 0 Å². The summed E-state index contributed by atoms with van der Waals surface area (Å²) in [5, 5.41) is 15.8. The summed E-state index contributed by atoms with van der Waals surface area (Å²) in [6, 6.07) is -0.216. The van der Waals surface area contributed by atoms with Crippen molar-refractivity contribution in [2.24, 2.45) is 5.92 Å². The topological polar surface area (TPSA) is 105 Å². The number of aryl methyl sites for hydroxylation is 1. The van der Waals surface area contributed by atoms with E-state index >= 15 is 0 Å². The molecule has 2 aliphatic carbocycles. The van der Waals surface area contributed by atoms with Crippen molar-refractivity contribution in [1.82, 2.24) is 5.32 Å². The summed E-state index contributed by atoms with van der Waals surface area (Å²) in [6.07, 6.45) is 2.57. The molecular weight excluding hydrogens is 368 g/mol. The Balaban J connectivity index is 1.82. The van der Waals surface area contributed by atoms with Crippen LogP contribution in [0, 0.1) is 5.92 Å². The molecule has 7 nitrogen and oxygen atoms in total. The predicted octanol–water partition coefficient (Wildman–Crippen LogP) is 3.74. The van der Waals surface area contributed by atoms with Gasteiger partial charge in [0.1, 0.15) is 10.6 Å². The second-order valence-corrected chi connectivity index (χ2v) is 9.40. The second kappa shape index (κ2) is 7.14. The van der Waals surface area contributed by atoms with Gasteiger partial charge in [-0.15, -0.1) is 11.3 Å². The number of fused-ring (bicyclic) bond motifs is 1. The average Bonchev–Trinajstić information content (AvgIpc) is 3.30. The Morgan fingerprint density at radius 1 is 1.19 bits per heavy atom. The number of amides is 2. The van der Waals surface area contributed by atoms with Crippen LogP contribution in [-0.2, 0) is 16.0 Å². The van der Waals surface area contributed by atoms with Crippen LogP contribution in [0.15, 0.2) is 0 Å². The molecule has 27 heavy (non-hydrogen) atoms. The van der Waals surface area contributed by atoms with Crippen LogP contribution < -0.4 is 10.6 Å². The van der Waals surface area contributed by atoms with Gasteiger partial charge in [-0.3, -0.25) is 4.79 Å². The standard InChI is InChI=1S/C19H26N2O5S/c1-9-11(20-18(25)26-19(2,3)4)7-8-12-13(9)14(17(23)24)16(27-12)21-15(22)10-5-6-10/h9-11H,5-8H2,1-4H3,(H,20,25)(H,21,22)(H,23,24). The predicted molar refractivity (Wildman–Crippen MR) is 103 cm³/mol. The Kier molecular flexibility index (Phi) is 5.20. The molecule has 0 saturated heterocycles. The number of ether oxygens (including phenoxy) is 1. The lowest BCUT2D eigenvalue weighted by Crippen LogP contribution is -2.43. The number of carboxylic acid groups (broad SMARTS) is 1. The van der Waals surface area contributed by atoms with Crippen molar-refractivity contribution < 1.29 is 24.2 Å². The van der Waals surface area contributed by atoms with Crippen molar-refractivity contribution in [3.8, 4) is 0 Å². The molecule has 1 aromatic rings. The zero-order chi connectivity index (χ0) is 19.9. The molecule has 2 atom stereocenters. The summed E-state index contributed by atoms with van der Waals surface area (Å²) in [7, 11) is 0. The number of nitrogens with one attached hydrogen (secondary N) is 2. The van der Waals surface area contributed by atoms with E-state index in [1.165, 1.54) is 11.3 Å². The zero-order valence-electron chi connectivity index (χ0n) is 16.0. The molecule has 0 bridgehead atoms. The average molecular weight is 394 g/mol. The van der Waals surface area contributed by atoms with E-state index in [9.17, 15) is 19.5 Å². The van der Waals surface area contributed by atoms with Gasteiger partial charge in [-0.2, -0.15) is 0 Å². The van der Waals surface area contributed by atoms with Gasteiger partial charge in [-0.25, -0.2) is 9.59 Å². The molecule has 2 amide bonds. The first-order valence-electron chi connectivity index (χ1n) is 9.26. The lowest BCUT2D eigenvalue weighted by Gasteiger charge is -2.31. The summed E-state index contributed by atoms with van der Waals surface area (Å²) in [6.45, 7) is 7.30. The summed E-state index contributed by atoms with van der Waals surface area (Å²) in [5.41, 5.74) is 0.278. The molecular formula is C19H26N2O5S. The maximum Gasteiger partial charge on any atom is 0.407 e. The highest BCUT2D eigenvalue weighted by atomic mass is 32.1. The van der Waals surface area contributed by atoms with Crippen LogP contribution >= 0.6 is 11.3 Å². The van der Waals surface area contributed by atoms with Gasteiger partial charge in [-0.05, 0) is 52.0 Å². The monoisotopic (exact) mass is 394 g/mol. The fourth-order valence-electron chi connectivity index (χ4n) is 3.41. The summed E-state index contributed by atoms with van der Waals surface area (Å²) >= 11 is 1.34. The Morgan fingerprint density at radius 3 is 2.41 bits per heavy atom. The minimum atomic E-state index is -1.05. The fraction of sp³-hybridized carbons (Fsp3) is 0.632. The first-order valence-corrected chi connectivity index (χ1v) is 10.1. The van der Waals surface area contributed by atoms with Gasteiger partial charge in [0.2, 0.25) is 5.91 Å². The van der Waals surface area contributed by atoms with Crippen LogP contribution in [0.25, 0.3) is 0 Å². The SMILES string of the molecule is CC1c2c(sc(NC(=O)C3CC3)c2C(=O)O)CCC1NC(=O)OC(C)(C)C. The molecule has 2 unspecified atom stereocenters. The first kappa shape index (κ1) is 19.7. The lowest BCUT2D eigenvalue weighted by molar-refractivity contribution is -0.117. The maximum atomic E-state index is 12.1. The highest BCUT2D eigenvalue weighted by molar-refractivity contribution is 7.17. The van der Waals surface area contributed by atoms with Crippen LogP contribution in [-0.4, -0.2) is 34.7 Å². The summed E-state index contributed by atoms with van der Waals surface area (Å²) < 4.78 is 5.32. The Morgan fingerprint density at radius 2 is 1.85 bits per heavy atom. The second-order valence-electron chi connectivity index (χ2n) is 8.29. The largest absolute Gasteiger partial charge is 0.478 e. The molecule has 1 fully saturated rings. The molecule has 148 valence electrons. The number of alkyl carbamates (subject to hydrolysis) is 1. The molecule has 0 radical (unpaired) electrons. The molecule has 8 heteroatoms. The first-order chi connectivity index (χ1) is 12.6. The van der Waals surface area contributed by atoms with Crippen LogP contribution in [0.3, 0.4) is 0 Å². The van der Waals surface area contributed by atoms with E-state index in [0.29, 0.717) is 23.4 Å². The number of anilines is 1. The Labute approximate surface area is 162 Å². The van der Waals surface area contributed by atoms with Crippen molar-refractivity contribution in [1.29, 1.82) is 0 Å². The number of carboxylic acids is 1. The van der Waals surface area contributed by atoms with Crippen molar-refractivity contribution in [3.05, 3.63) is 16.0 Å². The van der Waals surface area contributed by atoms with E-state index in [0.717, 1.165) is 17.7 Å². The van der Waals surface area contributed by atoms with E-state index in [1.54, 1.807) is 20.8 Å². The Hall–Kier alpha value is -2.09. The molecule has 1 heterocycles. The third kappa shape index (κ3) is 4.43. The fourth-order valence-corrected chi connectivity index (χ4v) is 4.73. The van der Waals surface area contributed by atoms with Crippen molar-refractivity contribution >= 4 is 34.3 Å². The molecule has 0 aromatic carbocycles. The van der Waals surface area contributed by atoms with E-state index < -0.39 is 17.7 Å². The third-order valence-corrected chi connectivity index (χ3v) is 6.04. The van der Waals surface area contributed by atoms with E-state index in [2.05, 4.69) is 10.6 Å². The molecule has 0 spiro atoms. The number of aromatic carboxylic acids is 1. The number of thiophene rings is 1. The number of carbonyl (C=O) groups is 3. The smallest absolute Gasteiger partial charge is 0.407 e. The van der Waals surface area contributed by atoms with Crippen LogP contribution in [0.5, 0.6) is 0 Å². The quantitative estimate of drug-likeness (QED) is 0.722. The number of hydrogen-bond donors (Lipinski definition) is 3. The van der Waals surface area contributed by atoms with Crippen molar-refractivity contribution in [2.75, 3.05) is 5.32 Å². The molecule has 3 N–H and O–H groups in total. The van der Waals surface area contributed by atoms with Gasteiger partial charge in [0, 0.05) is 22.8 Å². The highest BCUT2D eigenvalue weighted by Gasteiger charge is 2.37. The van der Waals surface area contributed by atoms with Crippen molar-refractivity contribution in [2.45, 2.75) is 70.9 Å². The maximum absolute atomic E-state index is 12.1. The van der Waals surface area contributed by atoms with E-state index in [1.807, 2.05) is 6.92 Å². The molecule has 1 saturated carbocycles. The normalized spacial score (nSPS) is 21.9. The van der Waals surface area contributed by atoms with E-state index in [4.69, 9.17) is 4.74 Å². The minimum absolute atomic E-state index is 0.00443. The van der Waals surface area contributed by atoms with Gasteiger partial charge in [0.25, 0.3) is 0 Å². The van der Waals surface area contributed by atoms with Crippen LogP contribution in [0.1, 0.15) is 73.7 Å². The highest BCUT2D eigenvalue weighted by Crippen LogP contribution is 2.44. The van der Waals surface area contributed by atoms with Gasteiger partial charge in [-0.1, -0.05) is 6.92 Å². The molecule has 3 rings (SSSR count). The minimum Gasteiger partial charge on any atom is -0.478 e. The van der Waals surface area contributed by atoms with Crippen LogP contribution in [0.2, 0.25) is 0 Å². The number of rotatable bonds is 4. The third-order valence-electron chi connectivity index (χ3n) is 4.86. The van der Waals surface area contributed by atoms with Crippen LogP contribution in [0.4, 0.5) is 9.80 Å². The molecule has 2 aliphatic rings. The van der Waals surface area contributed by atoms with Gasteiger partial charge >= 0.3 is 12.1 Å². The summed E-state index contributed by atoms with van der Waals surface area (Å²) in [4.78, 5) is 37.1. The number of carbonyl (C=O) groups excluding carboxylic acids is 2. The van der Waals surface area contributed by atoms with Gasteiger partial charge < -0.3 is 20.5 Å². The summed E-state index contributed by atoms with van der Waals surface area (Å²) in [5.74, 6) is -1.34. The van der Waals surface area contributed by atoms with Gasteiger partial charge in [0.05, 0.1) is 5.56 Å². The zero-order valence-corrected chi connectivity index (χ0v) is 16.9. The molecule has 1 aromatic heterocycles.